The average Bonchev–Trinajstić information content (AvgIpc) is 1.58. The molecule has 10 atom stereocenters. The number of hydrogen-bond acceptors (Lipinski definition) is 19. The molecule has 94 heavy (non-hydrogen) atoms. The standard InChI is InChI=1S/C59H93ClN16O16S2/c1-7-33(4)50-58(91)70-38(17-19-45(62)79)53(86)69-37(16-18-44(61)78)54(87)73-41(59(92)76-23-9-11-42(76)56(89)71-39(24-32(2)3)52(85)67-27-46(63)80)28-93-30-48(82)64-20-8-10-36(51(84)66-22-21-65-47(81)26-60)68-49(83)31-94-29-43(75(5)6)57(90)72-40(55(88)74-50)25-34-12-14-35(77)15-13-34/h12-15,32-33,36-43,50,77H,7-11,16-31H2,1-6H3,(H2,61,78)(H2,62,79)(H2,63,80)(H,64,82)(H,65,81)(H,66,84)(H,67,85)(H,68,83)(H,69,86)(H,70,91)(H,71,89)(H,72,90)(H,73,87)(H,74,88)/t33-,36+,37-,38-,39-,40-,41-,42-,43-,50-/m0/s1. The van der Waals surface area contributed by atoms with E-state index in [1.54, 1.807) is 46.7 Å². The number of primary amides is 3. The largest absolute Gasteiger partial charge is 0.508 e. The molecular weight excluding hydrogens is 1290 g/mol. The zero-order valence-electron chi connectivity index (χ0n) is 53.9. The summed E-state index contributed by atoms with van der Waals surface area (Å²) in [6.07, 6.45) is -1.26. The third-order valence-corrected chi connectivity index (χ3v) is 17.4. The number of phenols is 1. The molecule has 1 aromatic rings. The van der Waals surface area contributed by atoms with Crippen LogP contribution in [0.4, 0.5) is 0 Å². The molecule has 2 fully saturated rings. The summed E-state index contributed by atoms with van der Waals surface area (Å²) in [6.45, 7) is 6.33. The van der Waals surface area contributed by atoms with Crippen LogP contribution >= 0.6 is 35.1 Å². The summed E-state index contributed by atoms with van der Waals surface area (Å²) in [4.78, 5) is 206. The Kier molecular flexibility index (Phi) is 35.6. The Hall–Kier alpha value is -7.98. The second-order valence-corrected chi connectivity index (χ2v) is 25.8. The minimum absolute atomic E-state index is 0.0110. The summed E-state index contributed by atoms with van der Waals surface area (Å²) in [6, 6.07) is -6.55. The summed E-state index contributed by atoms with van der Waals surface area (Å²) >= 11 is 7.49. The number of carbonyl (C=O) groups is 15. The quantitative estimate of drug-likeness (QED) is 0.0342. The Morgan fingerprint density at radius 3 is 1.86 bits per heavy atom. The number of phenolic OH excluding ortho intramolecular Hbond substituents is 1. The van der Waals surface area contributed by atoms with Crippen LogP contribution in [0.2, 0.25) is 0 Å². The van der Waals surface area contributed by atoms with Crippen molar-refractivity contribution in [2.75, 3.05) is 75.7 Å². The van der Waals surface area contributed by atoms with Gasteiger partial charge in [-0.1, -0.05) is 46.2 Å². The number of amides is 15. The van der Waals surface area contributed by atoms with Crippen LogP contribution in [0.1, 0.15) is 97.5 Å². The van der Waals surface area contributed by atoms with E-state index in [4.69, 9.17) is 28.8 Å². The van der Waals surface area contributed by atoms with Gasteiger partial charge >= 0.3 is 0 Å². The van der Waals surface area contributed by atoms with Crippen molar-refractivity contribution in [2.24, 2.45) is 29.0 Å². The molecule has 2 heterocycles. The van der Waals surface area contributed by atoms with Crippen LogP contribution in [0.3, 0.4) is 0 Å². The fourth-order valence-electron chi connectivity index (χ4n) is 9.80. The number of hydrogen-bond donors (Lipinski definition) is 15. The molecule has 2 aliphatic rings. The van der Waals surface area contributed by atoms with Gasteiger partial charge in [-0.05, 0) is 88.6 Å². The zero-order valence-corrected chi connectivity index (χ0v) is 56.3. The number of nitrogens with two attached hydrogens (primary N) is 3. The van der Waals surface area contributed by atoms with Crippen molar-refractivity contribution < 1.29 is 77.0 Å². The van der Waals surface area contributed by atoms with Crippen molar-refractivity contribution in [3.05, 3.63) is 29.8 Å². The van der Waals surface area contributed by atoms with E-state index in [0.29, 0.717) is 5.56 Å². The third kappa shape index (κ3) is 29.1. The van der Waals surface area contributed by atoms with Crippen molar-refractivity contribution in [2.45, 2.75) is 153 Å². The summed E-state index contributed by atoms with van der Waals surface area (Å²) < 4.78 is 0. The molecule has 0 aliphatic carbocycles. The second kappa shape index (κ2) is 41.7. The van der Waals surface area contributed by atoms with E-state index in [1.807, 2.05) is 0 Å². The number of halogens is 1. The molecule has 1 aromatic carbocycles. The van der Waals surface area contributed by atoms with Gasteiger partial charge in [0.2, 0.25) is 88.6 Å². The van der Waals surface area contributed by atoms with E-state index in [2.05, 4.69) is 58.5 Å². The van der Waals surface area contributed by atoms with Gasteiger partial charge < -0.3 is 85.7 Å². The highest BCUT2D eigenvalue weighted by Gasteiger charge is 2.41. The molecular formula is C59H93ClN16O16S2. The van der Waals surface area contributed by atoms with E-state index in [9.17, 15) is 77.0 Å². The molecule has 0 bridgehead atoms. The van der Waals surface area contributed by atoms with Crippen LogP contribution < -0.4 is 75.7 Å². The minimum Gasteiger partial charge on any atom is -0.508 e. The van der Waals surface area contributed by atoms with Crippen LogP contribution in [-0.4, -0.2) is 234 Å². The first-order chi connectivity index (χ1) is 44.4. The second-order valence-electron chi connectivity index (χ2n) is 23.5. The summed E-state index contributed by atoms with van der Waals surface area (Å²) in [7, 11) is 3.19. The van der Waals surface area contributed by atoms with Crippen LogP contribution in [0, 0.1) is 11.8 Å². The molecule has 3 rings (SSSR count). The van der Waals surface area contributed by atoms with Gasteiger partial charge in [-0.3, -0.25) is 76.8 Å². The number of aromatic hydroxyl groups is 1. The predicted molar refractivity (Wildman–Crippen MR) is 349 cm³/mol. The Bertz CT molecular complexity index is 2820. The van der Waals surface area contributed by atoms with E-state index < -0.39 is 181 Å². The van der Waals surface area contributed by atoms with Gasteiger partial charge in [0.1, 0.15) is 60.0 Å². The van der Waals surface area contributed by atoms with Crippen molar-refractivity contribution >= 4 is 124 Å². The molecule has 2 saturated heterocycles. The molecule has 32 nitrogen and oxygen atoms in total. The lowest BCUT2D eigenvalue weighted by molar-refractivity contribution is -0.142. The molecule has 0 radical (unpaired) electrons. The average molecular weight is 1380 g/mol. The number of nitrogens with zero attached hydrogens (tertiary/aromatic N) is 2. The lowest BCUT2D eigenvalue weighted by atomic mass is 9.96. The number of nitrogens with one attached hydrogen (secondary N) is 11. The van der Waals surface area contributed by atoms with Gasteiger partial charge in [-0.2, -0.15) is 0 Å². The summed E-state index contributed by atoms with van der Waals surface area (Å²) in [5.74, 6) is -14.0. The van der Waals surface area contributed by atoms with Crippen molar-refractivity contribution in [3.63, 3.8) is 0 Å². The van der Waals surface area contributed by atoms with Gasteiger partial charge in [-0.25, -0.2) is 0 Å². The highest BCUT2D eigenvalue weighted by Crippen LogP contribution is 2.22. The summed E-state index contributed by atoms with van der Waals surface area (Å²) in [5.41, 5.74) is 16.8. The van der Waals surface area contributed by atoms with Gasteiger partial charge in [0.15, 0.2) is 0 Å². The van der Waals surface area contributed by atoms with Gasteiger partial charge in [-0.15, -0.1) is 35.1 Å². The Balaban J connectivity index is 2.16. The molecule has 0 saturated carbocycles. The Morgan fingerprint density at radius 1 is 0.681 bits per heavy atom. The van der Waals surface area contributed by atoms with Crippen molar-refractivity contribution in [1.82, 2.24) is 68.3 Å². The van der Waals surface area contributed by atoms with Crippen LogP contribution in [0.25, 0.3) is 0 Å². The third-order valence-electron chi connectivity index (χ3n) is 15.1. The first kappa shape index (κ1) is 80.3. The highest BCUT2D eigenvalue weighted by molar-refractivity contribution is 8.00. The van der Waals surface area contributed by atoms with Crippen LogP contribution in [0.15, 0.2) is 24.3 Å². The maximum absolute atomic E-state index is 14.9. The lowest BCUT2D eigenvalue weighted by Gasteiger charge is -2.31. The first-order valence-corrected chi connectivity index (χ1v) is 33.8. The van der Waals surface area contributed by atoms with Gasteiger partial charge in [0.05, 0.1) is 24.1 Å². The molecule has 35 heteroatoms. The molecule has 0 spiro atoms. The molecule has 15 amide bonds. The van der Waals surface area contributed by atoms with E-state index >= 15 is 0 Å². The smallest absolute Gasteiger partial charge is 0.246 e. The zero-order chi connectivity index (χ0) is 70.2. The first-order valence-electron chi connectivity index (χ1n) is 31.0. The number of alkyl halides is 1. The van der Waals surface area contributed by atoms with E-state index in [0.717, 1.165) is 23.5 Å². The highest BCUT2D eigenvalue weighted by atomic mass is 35.5. The fourth-order valence-corrected chi connectivity index (χ4v) is 11.8. The van der Waals surface area contributed by atoms with Gasteiger partial charge in [0, 0.05) is 56.9 Å². The topological polar surface area (TPSA) is 493 Å². The number of benzene rings is 1. The summed E-state index contributed by atoms with van der Waals surface area (Å²) in [5, 5.41) is 38.8. The number of rotatable bonds is 24. The molecule has 0 unspecified atom stereocenters. The predicted octanol–water partition coefficient (Wildman–Crippen LogP) is -4.68. The Labute approximate surface area is 559 Å². The minimum atomic E-state index is -1.71. The molecule has 18 N–H and O–H groups in total. The SMILES string of the molecule is CC[C@H](C)[C@@H]1NC(=O)[C@H](Cc2ccc(O)cc2)NC(=O)[C@@H](N(C)C)CSCC(=O)N[C@@H](C(=O)NCCNC(=O)CCl)CCCNC(=O)CSC[C@@H](C(=O)N2CCC[C@H]2C(=O)N[C@@H](CC(C)C)C(=O)NCC(N)=O)NC(=O)[C@H](CCC(N)=O)NC(=O)[C@H](CCC(N)=O)NC1=O. The maximum Gasteiger partial charge on any atom is 0.246 e. The normalized spacial score (nSPS) is 22.9. The molecule has 2 aliphatic heterocycles. The number of likely N-dealkylation sites (tertiary alicyclic amines) is 1. The molecule has 524 valence electrons. The number of likely N-dealkylation sites (N-methyl/N-ethyl adjacent to an activating group) is 1. The van der Waals surface area contributed by atoms with Gasteiger partial charge in [0.25, 0.3) is 0 Å². The monoisotopic (exact) mass is 1380 g/mol. The number of thioether (sulfide) groups is 2. The molecule has 0 aromatic heterocycles. The Morgan fingerprint density at radius 2 is 1.27 bits per heavy atom. The van der Waals surface area contributed by atoms with Crippen molar-refractivity contribution in [3.8, 4) is 5.75 Å². The van der Waals surface area contributed by atoms with Crippen molar-refractivity contribution in [1.29, 1.82) is 0 Å². The van der Waals surface area contributed by atoms with E-state index in [1.165, 1.54) is 29.2 Å². The maximum atomic E-state index is 14.9. The van der Waals surface area contributed by atoms with Crippen LogP contribution in [0.5, 0.6) is 5.75 Å². The fraction of sp³-hybridized carbons (Fsp3) is 0.644. The van der Waals surface area contributed by atoms with E-state index in [-0.39, 0.29) is 112 Å². The lowest BCUT2D eigenvalue weighted by Crippen LogP contribution is -2.61. The number of carbonyl (C=O) groups excluding carboxylic acids is 15. The van der Waals surface area contributed by atoms with Crippen LogP contribution in [-0.2, 0) is 78.3 Å².